The molecular formula is C21H22ClN3O3S. The zero-order valence-corrected chi connectivity index (χ0v) is 17.8. The van der Waals surface area contributed by atoms with E-state index < -0.39 is 0 Å². The van der Waals surface area contributed by atoms with Gasteiger partial charge in [0, 0.05) is 29.9 Å². The molecule has 29 heavy (non-hydrogen) atoms. The van der Waals surface area contributed by atoms with Gasteiger partial charge in [-0.25, -0.2) is 4.98 Å². The Morgan fingerprint density at radius 3 is 2.69 bits per heavy atom. The van der Waals surface area contributed by atoms with Crippen LogP contribution < -0.4 is 10.1 Å². The third-order valence-electron chi connectivity index (χ3n) is 4.16. The Morgan fingerprint density at radius 2 is 2.00 bits per heavy atom. The predicted molar refractivity (Wildman–Crippen MR) is 117 cm³/mol. The molecule has 1 aromatic heterocycles. The van der Waals surface area contributed by atoms with Crippen molar-refractivity contribution in [1.29, 1.82) is 0 Å². The number of carbonyl (C=O) groups is 1. The molecule has 0 atom stereocenters. The van der Waals surface area contributed by atoms with Crippen LogP contribution in [0.5, 0.6) is 5.75 Å². The summed E-state index contributed by atoms with van der Waals surface area (Å²) in [6.07, 6.45) is 1.81. The molecule has 8 heteroatoms. The first kappa shape index (κ1) is 21.2. The first-order valence-corrected chi connectivity index (χ1v) is 10.3. The smallest absolute Gasteiger partial charge is 0.234 e. The van der Waals surface area contributed by atoms with Crippen LogP contribution in [0, 0.1) is 0 Å². The van der Waals surface area contributed by atoms with E-state index in [4.69, 9.17) is 21.1 Å². The number of nitrogens with zero attached hydrogens (tertiary/aromatic N) is 2. The number of hydrogen-bond donors (Lipinski definition) is 1. The van der Waals surface area contributed by atoms with Gasteiger partial charge in [0.25, 0.3) is 0 Å². The summed E-state index contributed by atoms with van der Waals surface area (Å²) in [5, 5.41) is 4.18. The molecule has 2 aromatic carbocycles. The first-order valence-electron chi connectivity index (χ1n) is 8.98. The van der Waals surface area contributed by atoms with Crippen LogP contribution in [0.3, 0.4) is 0 Å². The van der Waals surface area contributed by atoms with Crippen molar-refractivity contribution in [2.24, 2.45) is 0 Å². The van der Waals surface area contributed by atoms with E-state index in [9.17, 15) is 4.79 Å². The van der Waals surface area contributed by atoms with Crippen LogP contribution in [-0.2, 0) is 16.1 Å². The van der Waals surface area contributed by atoms with E-state index in [1.54, 1.807) is 38.5 Å². The van der Waals surface area contributed by atoms with Crippen LogP contribution in [-0.4, -0.2) is 42.0 Å². The molecule has 152 valence electrons. The highest BCUT2D eigenvalue weighted by molar-refractivity contribution is 7.99. The summed E-state index contributed by atoms with van der Waals surface area (Å²) in [5.74, 6) is 0.909. The Balaban J connectivity index is 1.72. The highest BCUT2D eigenvalue weighted by Crippen LogP contribution is 2.28. The number of rotatable bonds is 9. The summed E-state index contributed by atoms with van der Waals surface area (Å²) < 4.78 is 12.5. The largest absolute Gasteiger partial charge is 0.497 e. The molecule has 3 aromatic rings. The second-order valence-corrected chi connectivity index (χ2v) is 7.53. The molecule has 0 saturated carbocycles. The quantitative estimate of drug-likeness (QED) is 0.502. The fraction of sp³-hybridized carbons (Fsp3) is 0.238. The minimum Gasteiger partial charge on any atom is -0.497 e. The van der Waals surface area contributed by atoms with Crippen molar-refractivity contribution in [3.05, 3.63) is 59.8 Å². The number of aromatic nitrogens is 2. The van der Waals surface area contributed by atoms with Crippen LogP contribution in [0.4, 0.5) is 5.69 Å². The Hall–Kier alpha value is -2.48. The van der Waals surface area contributed by atoms with Crippen molar-refractivity contribution in [3.8, 4) is 17.0 Å². The maximum atomic E-state index is 12.3. The number of thioether (sulfide) groups is 1. The van der Waals surface area contributed by atoms with Gasteiger partial charge in [-0.05, 0) is 42.5 Å². The molecule has 0 radical (unpaired) electrons. The Labute approximate surface area is 179 Å². The predicted octanol–water partition coefficient (Wildman–Crippen LogP) is 4.59. The normalized spacial score (nSPS) is 10.7. The van der Waals surface area contributed by atoms with Crippen molar-refractivity contribution in [3.63, 3.8) is 0 Å². The summed E-state index contributed by atoms with van der Waals surface area (Å²) >= 11 is 7.34. The molecule has 0 unspecified atom stereocenters. The van der Waals surface area contributed by atoms with E-state index in [-0.39, 0.29) is 11.7 Å². The number of benzene rings is 2. The number of ether oxygens (including phenoxy) is 2. The first-order chi connectivity index (χ1) is 14.1. The van der Waals surface area contributed by atoms with Gasteiger partial charge in [-0.3, -0.25) is 4.79 Å². The topological polar surface area (TPSA) is 65.4 Å². The molecular weight excluding hydrogens is 410 g/mol. The van der Waals surface area contributed by atoms with Crippen LogP contribution >= 0.6 is 23.4 Å². The van der Waals surface area contributed by atoms with E-state index >= 15 is 0 Å². The molecule has 6 nitrogen and oxygen atoms in total. The lowest BCUT2D eigenvalue weighted by Gasteiger charge is -2.12. The molecule has 0 fully saturated rings. The molecule has 3 rings (SSSR count). The summed E-state index contributed by atoms with van der Waals surface area (Å²) in [4.78, 5) is 16.8. The van der Waals surface area contributed by atoms with Gasteiger partial charge in [0.15, 0.2) is 5.16 Å². The van der Waals surface area contributed by atoms with Crippen molar-refractivity contribution >= 4 is 35.0 Å². The monoisotopic (exact) mass is 431 g/mol. The number of imidazole rings is 1. The summed E-state index contributed by atoms with van der Waals surface area (Å²) in [6.45, 7) is 1.18. The lowest BCUT2D eigenvalue weighted by Crippen LogP contribution is -2.15. The SMILES string of the molecule is COCCn1c(-c2ccc(OC)cc2)cnc1SCC(=O)Nc1cccc(Cl)c1. The van der Waals surface area contributed by atoms with Gasteiger partial charge in [-0.1, -0.05) is 29.4 Å². The molecule has 0 aliphatic carbocycles. The summed E-state index contributed by atoms with van der Waals surface area (Å²) in [5.41, 5.74) is 2.65. The van der Waals surface area contributed by atoms with Crippen molar-refractivity contribution in [2.45, 2.75) is 11.7 Å². The Kier molecular flexibility index (Phi) is 7.57. The number of hydrogen-bond acceptors (Lipinski definition) is 5. The fourth-order valence-electron chi connectivity index (χ4n) is 2.76. The third-order valence-corrected chi connectivity index (χ3v) is 5.39. The summed E-state index contributed by atoms with van der Waals surface area (Å²) in [7, 11) is 3.30. The van der Waals surface area contributed by atoms with Crippen LogP contribution in [0.2, 0.25) is 5.02 Å². The molecule has 0 saturated heterocycles. The average molecular weight is 432 g/mol. The maximum Gasteiger partial charge on any atom is 0.234 e. The molecule has 0 aliphatic heterocycles. The number of methoxy groups -OCH3 is 2. The zero-order chi connectivity index (χ0) is 20.6. The van der Waals surface area contributed by atoms with Crippen molar-refractivity contribution < 1.29 is 14.3 Å². The van der Waals surface area contributed by atoms with Gasteiger partial charge in [-0.15, -0.1) is 0 Å². The number of anilines is 1. The van der Waals surface area contributed by atoms with Crippen LogP contribution in [0.15, 0.2) is 59.9 Å². The number of nitrogens with one attached hydrogen (secondary N) is 1. The van der Waals surface area contributed by atoms with E-state index in [0.717, 1.165) is 22.2 Å². The van der Waals surface area contributed by atoms with Crippen LogP contribution in [0.25, 0.3) is 11.3 Å². The standard InChI is InChI=1S/C21H22ClN3O3S/c1-27-11-10-25-19(15-6-8-18(28-2)9-7-15)13-23-21(25)29-14-20(26)24-17-5-3-4-16(22)12-17/h3-9,12-13H,10-11,14H2,1-2H3,(H,24,26). The second-order valence-electron chi connectivity index (χ2n) is 6.15. The van der Waals surface area contributed by atoms with E-state index in [1.807, 2.05) is 30.5 Å². The molecule has 0 aliphatic rings. The minimum atomic E-state index is -0.121. The third kappa shape index (κ3) is 5.76. The van der Waals surface area contributed by atoms with Gasteiger partial charge in [0.2, 0.25) is 5.91 Å². The average Bonchev–Trinajstić information content (AvgIpc) is 3.13. The van der Waals surface area contributed by atoms with Gasteiger partial charge in [0.05, 0.1) is 31.4 Å². The fourth-order valence-corrected chi connectivity index (χ4v) is 3.75. The Morgan fingerprint density at radius 1 is 1.21 bits per heavy atom. The highest BCUT2D eigenvalue weighted by Gasteiger charge is 2.14. The zero-order valence-electron chi connectivity index (χ0n) is 16.2. The van der Waals surface area contributed by atoms with E-state index in [2.05, 4.69) is 14.9 Å². The van der Waals surface area contributed by atoms with Crippen molar-refractivity contribution in [1.82, 2.24) is 9.55 Å². The van der Waals surface area contributed by atoms with Crippen LogP contribution in [0.1, 0.15) is 0 Å². The van der Waals surface area contributed by atoms with E-state index in [1.165, 1.54) is 11.8 Å². The van der Waals surface area contributed by atoms with E-state index in [0.29, 0.717) is 23.9 Å². The lowest BCUT2D eigenvalue weighted by atomic mass is 10.1. The minimum absolute atomic E-state index is 0.121. The molecule has 1 heterocycles. The number of halogens is 1. The van der Waals surface area contributed by atoms with Gasteiger partial charge >= 0.3 is 0 Å². The van der Waals surface area contributed by atoms with Gasteiger partial charge in [-0.2, -0.15) is 0 Å². The second kappa shape index (κ2) is 10.3. The summed E-state index contributed by atoms with van der Waals surface area (Å²) in [6, 6.07) is 14.9. The highest BCUT2D eigenvalue weighted by atomic mass is 35.5. The molecule has 0 bridgehead atoms. The van der Waals surface area contributed by atoms with Crippen molar-refractivity contribution in [2.75, 3.05) is 31.9 Å². The molecule has 1 N–H and O–H groups in total. The Bertz CT molecular complexity index is 960. The van der Waals surface area contributed by atoms with Gasteiger partial charge in [0.1, 0.15) is 5.75 Å². The number of amides is 1. The lowest BCUT2D eigenvalue weighted by molar-refractivity contribution is -0.113. The van der Waals surface area contributed by atoms with Gasteiger partial charge < -0.3 is 19.4 Å². The molecule has 0 spiro atoms. The molecule has 1 amide bonds. The number of carbonyl (C=O) groups excluding carboxylic acids is 1. The maximum absolute atomic E-state index is 12.3.